The van der Waals surface area contributed by atoms with Crippen molar-refractivity contribution in [1.82, 2.24) is 0 Å². The number of thiophene rings is 2. The van der Waals surface area contributed by atoms with Crippen molar-refractivity contribution in [3.8, 4) is 33.4 Å². The van der Waals surface area contributed by atoms with Crippen LogP contribution in [0.3, 0.4) is 0 Å². The summed E-state index contributed by atoms with van der Waals surface area (Å²) in [4.78, 5) is 0. The summed E-state index contributed by atoms with van der Waals surface area (Å²) in [5.41, 5.74) is 7.57. The van der Waals surface area contributed by atoms with Crippen LogP contribution in [0.25, 0.3) is 117 Å². The van der Waals surface area contributed by atoms with E-state index in [0.29, 0.717) is 0 Å². The maximum Gasteiger partial charge on any atom is 0.0434 e. The summed E-state index contributed by atoms with van der Waals surface area (Å²) in [6.07, 6.45) is 0. The average Bonchev–Trinajstić information content (AvgIpc) is 3.81. The van der Waals surface area contributed by atoms with Crippen LogP contribution in [0.1, 0.15) is 0 Å². The van der Waals surface area contributed by atoms with Crippen molar-refractivity contribution in [2.24, 2.45) is 0 Å². The van der Waals surface area contributed by atoms with Gasteiger partial charge in [-0.3, -0.25) is 0 Å². The van der Waals surface area contributed by atoms with E-state index in [1.165, 1.54) is 117 Å². The van der Waals surface area contributed by atoms with Crippen molar-refractivity contribution in [3.05, 3.63) is 182 Å². The molecular formula is C52H30S2. The topological polar surface area (TPSA) is 0 Å². The lowest BCUT2D eigenvalue weighted by Crippen LogP contribution is -1.91. The Balaban J connectivity index is 1.02. The molecule has 2 heteroatoms. The normalized spacial score (nSPS) is 12.1. The molecule has 0 unspecified atom stereocenters. The van der Waals surface area contributed by atoms with Gasteiger partial charge in [0.2, 0.25) is 0 Å². The second-order valence-electron chi connectivity index (χ2n) is 14.3. The van der Waals surface area contributed by atoms with Crippen molar-refractivity contribution in [3.63, 3.8) is 0 Å². The smallest absolute Gasteiger partial charge is 0.0434 e. The average molecular weight is 719 g/mol. The third-order valence-corrected chi connectivity index (χ3v) is 13.8. The van der Waals surface area contributed by atoms with Crippen molar-refractivity contribution in [2.75, 3.05) is 0 Å². The van der Waals surface area contributed by atoms with E-state index >= 15 is 0 Å². The standard InChI is InChI=1S/C52H30S2/c1-2-12-36-32(10-1)11-9-18-37(36)49-40-15-5-3-13-38(40)48(39-14-4-6-16-41(39)49)34-23-20-31(21-24-34)35-25-22-33-26-27-43-51-47(54-52(43)44(33)30-35)29-28-46-50(51)42-17-7-8-19-45(42)53-46/h1-30H. The Morgan fingerprint density at radius 3 is 1.57 bits per heavy atom. The zero-order valence-electron chi connectivity index (χ0n) is 29.1. The van der Waals surface area contributed by atoms with Gasteiger partial charge in [0.05, 0.1) is 0 Å². The maximum absolute atomic E-state index is 2.41. The van der Waals surface area contributed by atoms with E-state index in [2.05, 4.69) is 182 Å². The first-order chi connectivity index (χ1) is 26.8. The fourth-order valence-electron chi connectivity index (χ4n) is 9.04. The number of hydrogen-bond donors (Lipinski definition) is 0. The van der Waals surface area contributed by atoms with Gasteiger partial charge < -0.3 is 0 Å². The minimum Gasteiger partial charge on any atom is -0.135 e. The second kappa shape index (κ2) is 11.6. The van der Waals surface area contributed by atoms with Gasteiger partial charge in [-0.25, -0.2) is 0 Å². The molecule has 0 radical (unpaired) electrons. The van der Waals surface area contributed by atoms with Crippen molar-refractivity contribution >= 4 is 106 Å². The summed E-state index contributed by atoms with van der Waals surface area (Å²) in [6, 6.07) is 67.7. The Morgan fingerprint density at radius 1 is 0.278 bits per heavy atom. The highest BCUT2D eigenvalue weighted by Crippen LogP contribution is 2.48. The summed E-state index contributed by atoms with van der Waals surface area (Å²) >= 11 is 3.82. The number of rotatable bonds is 3. The summed E-state index contributed by atoms with van der Waals surface area (Å²) in [5, 5.41) is 15.8. The molecule has 0 aliphatic rings. The molecule has 0 aliphatic heterocycles. The van der Waals surface area contributed by atoms with Crippen molar-refractivity contribution in [1.29, 1.82) is 0 Å². The van der Waals surface area contributed by atoms with Gasteiger partial charge in [-0.15, -0.1) is 22.7 Å². The molecule has 2 heterocycles. The third kappa shape index (κ3) is 4.36. The van der Waals surface area contributed by atoms with E-state index in [9.17, 15) is 0 Å². The van der Waals surface area contributed by atoms with E-state index in [1.54, 1.807) is 0 Å². The SMILES string of the molecule is c1ccc2c(-c3c4ccccc4c(-c4ccc(-c5ccc6ccc7c(sc8ccc9sc%10ccccc%10c9c87)c6c5)cc4)c4ccccc34)cccc2c1. The van der Waals surface area contributed by atoms with E-state index < -0.39 is 0 Å². The highest BCUT2D eigenvalue weighted by atomic mass is 32.1. The Labute approximate surface area is 319 Å². The Morgan fingerprint density at radius 2 is 0.815 bits per heavy atom. The summed E-state index contributed by atoms with van der Waals surface area (Å²) in [5.74, 6) is 0. The molecule has 0 nitrogen and oxygen atoms in total. The molecule has 54 heavy (non-hydrogen) atoms. The minimum absolute atomic E-state index is 1.23. The van der Waals surface area contributed by atoms with Crippen LogP contribution in [0, 0.1) is 0 Å². The van der Waals surface area contributed by atoms with Crippen LogP contribution >= 0.6 is 22.7 Å². The molecule has 0 N–H and O–H groups in total. The molecule has 0 aliphatic carbocycles. The van der Waals surface area contributed by atoms with Gasteiger partial charge >= 0.3 is 0 Å². The molecule has 0 saturated carbocycles. The number of benzene rings is 10. The first kappa shape index (κ1) is 30.2. The van der Waals surface area contributed by atoms with Gasteiger partial charge in [-0.05, 0) is 95.3 Å². The Bertz CT molecular complexity index is 3430. The first-order valence-corrected chi connectivity index (χ1v) is 20.1. The highest BCUT2D eigenvalue weighted by molar-refractivity contribution is 7.28. The minimum atomic E-state index is 1.23. The highest BCUT2D eigenvalue weighted by Gasteiger charge is 2.19. The van der Waals surface area contributed by atoms with Gasteiger partial charge in [0.15, 0.2) is 0 Å². The van der Waals surface area contributed by atoms with E-state index in [1.807, 2.05) is 22.7 Å². The van der Waals surface area contributed by atoms with Crippen LogP contribution < -0.4 is 0 Å². The van der Waals surface area contributed by atoms with Gasteiger partial charge in [0.25, 0.3) is 0 Å². The van der Waals surface area contributed by atoms with Gasteiger partial charge in [0, 0.05) is 45.7 Å². The lowest BCUT2D eigenvalue weighted by atomic mass is 9.84. The summed E-state index contributed by atoms with van der Waals surface area (Å²) in [6.45, 7) is 0. The van der Waals surface area contributed by atoms with E-state index in [0.717, 1.165) is 0 Å². The van der Waals surface area contributed by atoms with Crippen LogP contribution in [0.4, 0.5) is 0 Å². The monoisotopic (exact) mass is 718 g/mol. The first-order valence-electron chi connectivity index (χ1n) is 18.5. The molecule has 0 fully saturated rings. The Hall–Kier alpha value is -6.32. The molecule has 250 valence electrons. The van der Waals surface area contributed by atoms with Crippen LogP contribution in [-0.4, -0.2) is 0 Å². The molecule has 12 rings (SSSR count). The van der Waals surface area contributed by atoms with Crippen molar-refractivity contribution in [2.45, 2.75) is 0 Å². The predicted octanol–water partition coefficient (Wildman–Crippen LogP) is 16.0. The third-order valence-electron chi connectivity index (χ3n) is 11.5. The Kier molecular flexibility index (Phi) is 6.48. The fraction of sp³-hybridized carbons (Fsp3) is 0. The van der Waals surface area contributed by atoms with Gasteiger partial charge in [-0.2, -0.15) is 0 Å². The van der Waals surface area contributed by atoms with Gasteiger partial charge in [-0.1, -0.05) is 158 Å². The van der Waals surface area contributed by atoms with Crippen LogP contribution in [0.15, 0.2) is 182 Å². The largest absolute Gasteiger partial charge is 0.135 e. The molecule has 10 aromatic carbocycles. The van der Waals surface area contributed by atoms with Crippen LogP contribution in [0.5, 0.6) is 0 Å². The molecule has 0 saturated heterocycles. The summed E-state index contributed by atoms with van der Waals surface area (Å²) in [7, 11) is 0. The van der Waals surface area contributed by atoms with Gasteiger partial charge in [0.1, 0.15) is 0 Å². The van der Waals surface area contributed by atoms with E-state index in [4.69, 9.17) is 0 Å². The quantitative estimate of drug-likeness (QED) is 0.160. The molecular weight excluding hydrogens is 689 g/mol. The van der Waals surface area contributed by atoms with Crippen LogP contribution in [0.2, 0.25) is 0 Å². The van der Waals surface area contributed by atoms with E-state index in [-0.39, 0.29) is 0 Å². The molecule has 0 atom stereocenters. The maximum atomic E-state index is 2.41. The number of fused-ring (bicyclic) bond motifs is 12. The predicted molar refractivity (Wildman–Crippen MR) is 239 cm³/mol. The zero-order chi connectivity index (χ0) is 35.3. The van der Waals surface area contributed by atoms with Crippen LogP contribution in [-0.2, 0) is 0 Å². The molecule has 0 spiro atoms. The molecule has 0 bridgehead atoms. The number of hydrogen-bond acceptors (Lipinski definition) is 2. The fourth-order valence-corrected chi connectivity index (χ4v) is 11.4. The van der Waals surface area contributed by atoms with Crippen molar-refractivity contribution < 1.29 is 0 Å². The second-order valence-corrected chi connectivity index (χ2v) is 16.5. The molecule has 0 amide bonds. The summed E-state index contributed by atoms with van der Waals surface area (Å²) < 4.78 is 5.44. The lowest BCUT2D eigenvalue weighted by molar-refractivity contribution is 1.63. The molecule has 2 aromatic heterocycles. The molecule has 12 aromatic rings. The zero-order valence-corrected chi connectivity index (χ0v) is 30.8. The lowest BCUT2D eigenvalue weighted by Gasteiger charge is -2.19.